The quantitative estimate of drug-likeness (QED) is 0.864. The van der Waals surface area contributed by atoms with Crippen molar-refractivity contribution in [2.24, 2.45) is 0 Å². The smallest absolute Gasteiger partial charge is 0.0690 e. The standard InChI is InChI=1S/C15H23NO/c1-3-15(17)12(2)16-10-9-14(11-16)13-7-5-4-6-8-13/h4-8,12,14-15,17H,3,9-11H2,1-2H3. The largest absolute Gasteiger partial charge is 0.392 e. The molecule has 17 heavy (non-hydrogen) atoms. The number of aliphatic hydroxyl groups is 1. The zero-order chi connectivity index (χ0) is 12.3. The van der Waals surface area contributed by atoms with Crippen LogP contribution in [0.5, 0.6) is 0 Å². The molecule has 0 bridgehead atoms. The number of rotatable bonds is 4. The first kappa shape index (κ1) is 12.6. The number of benzene rings is 1. The van der Waals surface area contributed by atoms with E-state index in [0.717, 1.165) is 19.5 Å². The van der Waals surface area contributed by atoms with E-state index in [1.54, 1.807) is 0 Å². The molecule has 1 aliphatic heterocycles. The third-order valence-corrected chi connectivity index (χ3v) is 4.04. The van der Waals surface area contributed by atoms with Gasteiger partial charge in [-0.25, -0.2) is 0 Å². The average molecular weight is 233 g/mol. The molecule has 0 aliphatic carbocycles. The zero-order valence-electron chi connectivity index (χ0n) is 10.8. The highest BCUT2D eigenvalue weighted by Gasteiger charge is 2.29. The Kier molecular flexibility index (Phi) is 4.19. The lowest BCUT2D eigenvalue weighted by Gasteiger charge is -2.28. The van der Waals surface area contributed by atoms with Crippen LogP contribution in [0.3, 0.4) is 0 Å². The van der Waals surface area contributed by atoms with Crippen molar-refractivity contribution in [3.63, 3.8) is 0 Å². The molecule has 0 radical (unpaired) electrons. The number of aliphatic hydroxyl groups excluding tert-OH is 1. The molecule has 3 unspecified atom stereocenters. The van der Waals surface area contributed by atoms with Crippen molar-refractivity contribution >= 4 is 0 Å². The molecule has 1 N–H and O–H groups in total. The normalized spacial score (nSPS) is 24.8. The number of hydrogen-bond donors (Lipinski definition) is 1. The molecule has 2 heteroatoms. The van der Waals surface area contributed by atoms with Gasteiger partial charge in [-0.2, -0.15) is 0 Å². The molecule has 1 saturated heterocycles. The van der Waals surface area contributed by atoms with E-state index in [0.29, 0.717) is 5.92 Å². The summed E-state index contributed by atoms with van der Waals surface area (Å²) in [7, 11) is 0. The van der Waals surface area contributed by atoms with Crippen LogP contribution >= 0.6 is 0 Å². The number of nitrogens with zero attached hydrogens (tertiary/aromatic N) is 1. The van der Waals surface area contributed by atoms with Crippen LogP contribution in [-0.4, -0.2) is 35.2 Å². The van der Waals surface area contributed by atoms with Crippen LogP contribution in [0.2, 0.25) is 0 Å². The van der Waals surface area contributed by atoms with Crippen LogP contribution in [0.1, 0.15) is 38.2 Å². The second-order valence-corrected chi connectivity index (χ2v) is 5.11. The van der Waals surface area contributed by atoms with Gasteiger partial charge in [-0.15, -0.1) is 0 Å². The molecular formula is C15H23NO. The van der Waals surface area contributed by atoms with Gasteiger partial charge in [0.2, 0.25) is 0 Å². The summed E-state index contributed by atoms with van der Waals surface area (Å²) in [6, 6.07) is 11.0. The van der Waals surface area contributed by atoms with Crippen LogP contribution in [0.4, 0.5) is 0 Å². The molecule has 0 aromatic heterocycles. The summed E-state index contributed by atoms with van der Waals surface area (Å²) < 4.78 is 0. The van der Waals surface area contributed by atoms with Gasteiger partial charge >= 0.3 is 0 Å². The highest BCUT2D eigenvalue weighted by Crippen LogP contribution is 2.28. The van der Waals surface area contributed by atoms with Gasteiger partial charge in [0.25, 0.3) is 0 Å². The van der Waals surface area contributed by atoms with Crippen molar-refractivity contribution < 1.29 is 5.11 Å². The van der Waals surface area contributed by atoms with Crippen molar-refractivity contribution in [3.8, 4) is 0 Å². The molecule has 0 amide bonds. The summed E-state index contributed by atoms with van der Waals surface area (Å²) in [5.41, 5.74) is 1.44. The number of hydrogen-bond acceptors (Lipinski definition) is 2. The van der Waals surface area contributed by atoms with E-state index in [-0.39, 0.29) is 12.1 Å². The Morgan fingerprint density at radius 1 is 1.35 bits per heavy atom. The second-order valence-electron chi connectivity index (χ2n) is 5.11. The Labute approximate surface area is 104 Å². The molecule has 1 fully saturated rings. The Bertz CT molecular complexity index is 338. The summed E-state index contributed by atoms with van der Waals surface area (Å²) in [5, 5.41) is 9.90. The summed E-state index contributed by atoms with van der Waals surface area (Å²) in [4.78, 5) is 2.42. The fourth-order valence-corrected chi connectivity index (χ4v) is 2.74. The van der Waals surface area contributed by atoms with E-state index >= 15 is 0 Å². The molecule has 1 aliphatic rings. The van der Waals surface area contributed by atoms with Gasteiger partial charge in [-0.1, -0.05) is 37.3 Å². The van der Waals surface area contributed by atoms with Gasteiger partial charge < -0.3 is 5.11 Å². The van der Waals surface area contributed by atoms with E-state index in [1.807, 2.05) is 6.92 Å². The van der Waals surface area contributed by atoms with Crippen molar-refractivity contribution in [3.05, 3.63) is 35.9 Å². The molecule has 94 valence electrons. The third-order valence-electron chi connectivity index (χ3n) is 4.04. The Hall–Kier alpha value is -0.860. The van der Waals surface area contributed by atoms with Crippen molar-refractivity contribution in [1.29, 1.82) is 0 Å². The summed E-state index contributed by atoms with van der Waals surface area (Å²) >= 11 is 0. The summed E-state index contributed by atoms with van der Waals surface area (Å²) in [6.45, 7) is 6.38. The van der Waals surface area contributed by atoms with E-state index in [2.05, 4.69) is 42.2 Å². The zero-order valence-corrected chi connectivity index (χ0v) is 10.8. The number of likely N-dealkylation sites (tertiary alicyclic amines) is 1. The lowest BCUT2D eigenvalue weighted by atomic mass is 9.99. The highest BCUT2D eigenvalue weighted by molar-refractivity contribution is 5.21. The fourth-order valence-electron chi connectivity index (χ4n) is 2.74. The van der Waals surface area contributed by atoms with Crippen LogP contribution in [0, 0.1) is 0 Å². The van der Waals surface area contributed by atoms with Gasteiger partial charge in [-0.3, -0.25) is 4.90 Å². The average Bonchev–Trinajstić information content (AvgIpc) is 2.87. The van der Waals surface area contributed by atoms with Gasteiger partial charge in [0.15, 0.2) is 0 Å². The van der Waals surface area contributed by atoms with Crippen LogP contribution < -0.4 is 0 Å². The molecule has 0 saturated carbocycles. The van der Waals surface area contributed by atoms with E-state index in [4.69, 9.17) is 0 Å². The second kappa shape index (κ2) is 5.65. The maximum Gasteiger partial charge on any atom is 0.0690 e. The van der Waals surface area contributed by atoms with Gasteiger partial charge in [0, 0.05) is 12.6 Å². The molecule has 1 aromatic carbocycles. The third kappa shape index (κ3) is 2.88. The van der Waals surface area contributed by atoms with Gasteiger partial charge in [0.1, 0.15) is 0 Å². The van der Waals surface area contributed by atoms with E-state index in [9.17, 15) is 5.11 Å². The Morgan fingerprint density at radius 2 is 2.06 bits per heavy atom. The molecule has 2 nitrogen and oxygen atoms in total. The first-order chi connectivity index (χ1) is 8.22. The van der Waals surface area contributed by atoms with Gasteiger partial charge in [-0.05, 0) is 37.8 Å². The van der Waals surface area contributed by atoms with Crippen LogP contribution in [0.15, 0.2) is 30.3 Å². The lowest BCUT2D eigenvalue weighted by molar-refractivity contribution is 0.0684. The van der Waals surface area contributed by atoms with Crippen molar-refractivity contribution in [2.75, 3.05) is 13.1 Å². The summed E-state index contributed by atoms with van der Waals surface area (Å²) in [5.74, 6) is 0.641. The molecule has 3 atom stereocenters. The molecule has 2 rings (SSSR count). The maximum atomic E-state index is 9.90. The highest BCUT2D eigenvalue weighted by atomic mass is 16.3. The minimum absolute atomic E-state index is 0.190. The van der Waals surface area contributed by atoms with Crippen LogP contribution in [-0.2, 0) is 0 Å². The van der Waals surface area contributed by atoms with Crippen LogP contribution in [0.25, 0.3) is 0 Å². The Balaban J connectivity index is 1.96. The Morgan fingerprint density at radius 3 is 2.71 bits per heavy atom. The first-order valence-electron chi connectivity index (χ1n) is 6.69. The predicted molar refractivity (Wildman–Crippen MR) is 71.1 cm³/mol. The SMILES string of the molecule is CCC(O)C(C)N1CCC(c2ccccc2)C1. The molecule has 1 heterocycles. The summed E-state index contributed by atoms with van der Waals surface area (Å²) in [6.07, 6.45) is 1.86. The molecule has 0 spiro atoms. The molecule has 1 aromatic rings. The van der Waals surface area contributed by atoms with Gasteiger partial charge in [0.05, 0.1) is 6.10 Å². The monoisotopic (exact) mass is 233 g/mol. The first-order valence-corrected chi connectivity index (χ1v) is 6.69. The minimum atomic E-state index is -0.190. The van der Waals surface area contributed by atoms with Crippen molar-refractivity contribution in [2.45, 2.75) is 44.8 Å². The topological polar surface area (TPSA) is 23.5 Å². The minimum Gasteiger partial charge on any atom is -0.392 e. The lowest BCUT2D eigenvalue weighted by Crippen LogP contribution is -2.39. The fraction of sp³-hybridized carbons (Fsp3) is 0.600. The van der Waals surface area contributed by atoms with E-state index in [1.165, 1.54) is 12.0 Å². The maximum absolute atomic E-state index is 9.90. The van der Waals surface area contributed by atoms with Crippen molar-refractivity contribution in [1.82, 2.24) is 4.90 Å². The van der Waals surface area contributed by atoms with E-state index < -0.39 is 0 Å². The molecular weight excluding hydrogens is 210 g/mol. The predicted octanol–water partition coefficient (Wildman–Crippen LogP) is 2.64.